The first kappa shape index (κ1) is 32.2. The fourth-order valence-corrected chi connectivity index (χ4v) is 6.16. The molecule has 0 saturated carbocycles. The van der Waals surface area contributed by atoms with Gasteiger partial charge in [0.25, 0.3) is 10.0 Å². The number of hydrogen-bond donors (Lipinski definition) is 1. The number of ether oxygens (including phenoxy) is 1. The Morgan fingerprint density at radius 2 is 1.48 bits per heavy atom. The van der Waals surface area contributed by atoms with Gasteiger partial charge in [0.05, 0.1) is 17.7 Å². The van der Waals surface area contributed by atoms with Crippen molar-refractivity contribution in [3.8, 4) is 5.75 Å². The molecule has 4 aromatic carbocycles. The first-order chi connectivity index (χ1) is 21.2. The monoisotopic (exact) mass is 617 g/mol. The number of nitrogens with zero attached hydrogens (tertiary/aromatic N) is 2. The minimum absolute atomic E-state index is 0.00852. The zero-order valence-corrected chi connectivity index (χ0v) is 25.5. The Morgan fingerprint density at radius 1 is 0.864 bits per heavy atom. The lowest BCUT2D eigenvalue weighted by molar-refractivity contribution is -0.140. The molecule has 10 heteroatoms. The predicted molar refractivity (Wildman–Crippen MR) is 168 cm³/mol. The summed E-state index contributed by atoms with van der Waals surface area (Å²) >= 11 is 0. The highest BCUT2D eigenvalue weighted by Gasteiger charge is 2.34. The fourth-order valence-electron chi connectivity index (χ4n) is 4.73. The summed E-state index contributed by atoms with van der Waals surface area (Å²) in [6, 6.07) is 28.2. The molecule has 1 atom stereocenters. The third-order valence-corrected chi connectivity index (χ3v) is 8.88. The zero-order chi connectivity index (χ0) is 31.5. The van der Waals surface area contributed by atoms with Crippen LogP contribution in [0.2, 0.25) is 0 Å². The van der Waals surface area contributed by atoms with E-state index in [2.05, 4.69) is 5.32 Å². The Morgan fingerprint density at radius 3 is 2.09 bits per heavy atom. The molecule has 0 saturated heterocycles. The number of rotatable bonds is 14. The maximum atomic E-state index is 15.0. The van der Waals surface area contributed by atoms with Crippen molar-refractivity contribution in [3.05, 3.63) is 126 Å². The van der Waals surface area contributed by atoms with Crippen LogP contribution in [0.4, 0.5) is 10.1 Å². The lowest BCUT2D eigenvalue weighted by Crippen LogP contribution is -2.53. The largest absolute Gasteiger partial charge is 0.497 e. The van der Waals surface area contributed by atoms with Gasteiger partial charge in [0.2, 0.25) is 11.8 Å². The standard InChI is InChI=1S/C34H36FN3O5S/c1-3-22-36-34(40)32(23-26-12-6-4-7-13-26)37(24-27-14-10-11-17-31(27)35)33(39)25-38(28-18-20-29(43-2)21-19-28)44(41,42)30-15-8-5-9-16-30/h4-21,32H,3,22-25H2,1-2H3,(H,36,40). The molecule has 0 aromatic heterocycles. The van der Waals surface area contributed by atoms with Crippen molar-refractivity contribution < 1.29 is 27.1 Å². The lowest BCUT2D eigenvalue weighted by Gasteiger charge is -2.34. The van der Waals surface area contributed by atoms with E-state index in [1.807, 2.05) is 37.3 Å². The van der Waals surface area contributed by atoms with E-state index in [0.29, 0.717) is 18.7 Å². The second-order valence-electron chi connectivity index (χ2n) is 10.1. The maximum absolute atomic E-state index is 15.0. The van der Waals surface area contributed by atoms with E-state index >= 15 is 0 Å². The van der Waals surface area contributed by atoms with Gasteiger partial charge in [0.1, 0.15) is 24.2 Å². The van der Waals surface area contributed by atoms with Crippen LogP contribution in [0.5, 0.6) is 5.75 Å². The molecule has 1 N–H and O–H groups in total. The van der Waals surface area contributed by atoms with Gasteiger partial charge in [0.15, 0.2) is 0 Å². The van der Waals surface area contributed by atoms with Gasteiger partial charge in [-0.25, -0.2) is 12.8 Å². The topological polar surface area (TPSA) is 96.0 Å². The van der Waals surface area contributed by atoms with E-state index in [9.17, 15) is 22.4 Å². The highest BCUT2D eigenvalue weighted by atomic mass is 32.2. The van der Waals surface area contributed by atoms with Crippen LogP contribution in [0, 0.1) is 5.82 Å². The summed E-state index contributed by atoms with van der Waals surface area (Å²) in [6.07, 6.45) is 0.816. The summed E-state index contributed by atoms with van der Waals surface area (Å²) in [6.45, 7) is 1.41. The van der Waals surface area contributed by atoms with Crippen molar-refractivity contribution in [2.24, 2.45) is 0 Å². The predicted octanol–water partition coefficient (Wildman–Crippen LogP) is 5.20. The van der Waals surface area contributed by atoms with Crippen molar-refractivity contribution in [3.63, 3.8) is 0 Å². The first-order valence-corrected chi connectivity index (χ1v) is 15.7. The Kier molecular flexibility index (Phi) is 11.1. The van der Waals surface area contributed by atoms with E-state index in [4.69, 9.17) is 4.74 Å². The van der Waals surface area contributed by atoms with Crippen molar-refractivity contribution >= 4 is 27.5 Å². The average Bonchev–Trinajstić information content (AvgIpc) is 3.05. The van der Waals surface area contributed by atoms with Crippen molar-refractivity contribution in [2.45, 2.75) is 37.2 Å². The molecule has 0 aliphatic heterocycles. The summed E-state index contributed by atoms with van der Waals surface area (Å²) in [5.74, 6) is -1.12. The molecule has 0 radical (unpaired) electrons. The molecule has 8 nitrogen and oxygen atoms in total. The van der Waals surface area contributed by atoms with Crippen LogP contribution in [-0.4, -0.2) is 51.4 Å². The van der Waals surface area contributed by atoms with E-state index in [1.54, 1.807) is 54.6 Å². The molecule has 0 fully saturated rings. The molecular weight excluding hydrogens is 581 g/mol. The van der Waals surface area contributed by atoms with Crippen LogP contribution >= 0.6 is 0 Å². The summed E-state index contributed by atoms with van der Waals surface area (Å²) in [5.41, 5.74) is 1.22. The Bertz CT molecular complexity index is 1630. The van der Waals surface area contributed by atoms with Crippen LogP contribution in [0.25, 0.3) is 0 Å². The summed E-state index contributed by atoms with van der Waals surface area (Å²) in [4.78, 5) is 29.2. The minimum Gasteiger partial charge on any atom is -0.497 e. The molecule has 4 rings (SSSR count). The normalized spacial score (nSPS) is 11.8. The average molecular weight is 618 g/mol. The third-order valence-electron chi connectivity index (χ3n) is 7.09. The van der Waals surface area contributed by atoms with Gasteiger partial charge in [-0.3, -0.25) is 13.9 Å². The number of carbonyl (C=O) groups is 2. The molecular formula is C34H36FN3O5S. The van der Waals surface area contributed by atoms with Gasteiger partial charge in [-0.2, -0.15) is 0 Å². The SMILES string of the molecule is CCCNC(=O)C(Cc1ccccc1)N(Cc1ccccc1F)C(=O)CN(c1ccc(OC)cc1)S(=O)(=O)c1ccccc1. The number of methoxy groups -OCH3 is 1. The van der Waals surface area contributed by atoms with Gasteiger partial charge >= 0.3 is 0 Å². The molecule has 0 aliphatic rings. The molecule has 44 heavy (non-hydrogen) atoms. The smallest absolute Gasteiger partial charge is 0.264 e. The van der Waals surface area contributed by atoms with Crippen molar-refractivity contribution in [1.82, 2.24) is 10.2 Å². The second kappa shape index (κ2) is 15.2. The maximum Gasteiger partial charge on any atom is 0.264 e. The third kappa shape index (κ3) is 8.02. The van der Waals surface area contributed by atoms with Crippen LogP contribution in [0.3, 0.4) is 0 Å². The van der Waals surface area contributed by atoms with E-state index in [-0.39, 0.29) is 29.1 Å². The Balaban J connectivity index is 1.80. The van der Waals surface area contributed by atoms with Crippen LogP contribution in [0.15, 0.2) is 114 Å². The number of sulfonamides is 1. The van der Waals surface area contributed by atoms with Gasteiger partial charge in [-0.05, 0) is 54.4 Å². The molecule has 2 amide bonds. The second-order valence-corrected chi connectivity index (χ2v) is 12.0. The molecule has 0 heterocycles. The number of carbonyl (C=O) groups excluding carboxylic acids is 2. The number of halogens is 1. The van der Waals surface area contributed by atoms with Crippen molar-refractivity contribution in [1.29, 1.82) is 0 Å². The van der Waals surface area contributed by atoms with Gasteiger partial charge in [0, 0.05) is 25.1 Å². The van der Waals surface area contributed by atoms with Gasteiger partial charge in [-0.15, -0.1) is 0 Å². The minimum atomic E-state index is -4.23. The summed E-state index contributed by atoms with van der Waals surface area (Å²) in [7, 11) is -2.74. The number of benzene rings is 4. The zero-order valence-electron chi connectivity index (χ0n) is 24.7. The highest BCUT2D eigenvalue weighted by Crippen LogP contribution is 2.27. The lowest BCUT2D eigenvalue weighted by atomic mass is 10.0. The van der Waals surface area contributed by atoms with Crippen LogP contribution < -0.4 is 14.4 Å². The number of amides is 2. The van der Waals surface area contributed by atoms with E-state index < -0.39 is 40.2 Å². The summed E-state index contributed by atoms with van der Waals surface area (Å²) in [5, 5.41) is 2.87. The van der Waals surface area contributed by atoms with Crippen LogP contribution in [0.1, 0.15) is 24.5 Å². The number of hydrogen-bond acceptors (Lipinski definition) is 5. The molecule has 4 aromatic rings. The number of anilines is 1. The van der Waals surface area contributed by atoms with E-state index in [1.165, 1.54) is 36.3 Å². The number of nitrogens with one attached hydrogen (secondary N) is 1. The summed E-state index contributed by atoms with van der Waals surface area (Å²) < 4.78 is 49.2. The highest BCUT2D eigenvalue weighted by molar-refractivity contribution is 7.92. The van der Waals surface area contributed by atoms with Crippen molar-refractivity contribution in [2.75, 3.05) is 24.5 Å². The van der Waals surface area contributed by atoms with Gasteiger partial charge < -0.3 is 15.0 Å². The molecule has 230 valence electrons. The molecule has 1 unspecified atom stereocenters. The molecule has 0 spiro atoms. The molecule has 0 bridgehead atoms. The Hall–Kier alpha value is -4.70. The van der Waals surface area contributed by atoms with Crippen LogP contribution in [-0.2, 0) is 32.6 Å². The quantitative estimate of drug-likeness (QED) is 0.210. The van der Waals surface area contributed by atoms with E-state index in [0.717, 1.165) is 9.87 Å². The van der Waals surface area contributed by atoms with Gasteiger partial charge in [-0.1, -0.05) is 73.7 Å². The fraction of sp³-hybridized carbons (Fsp3) is 0.235. The molecule has 0 aliphatic carbocycles. The Labute approximate surface area is 258 Å². The first-order valence-electron chi connectivity index (χ1n) is 14.3.